The number of hydrogen-bond acceptors (Lipinski definition) is 3. The van der Waals surface area contributed by atoms with Crippen molar-refractivity contribution in [2.45, 2.75) is 20.8 Å². The highest BCUT2D eigenvalue weighted by molar-refractivity contribution is 5.94. The molecule has 0 radical (unpaired) electrons. The average molecular weight is 301 g/mol. The zero-order valence-electron chi connectivity index (χ0n) is 13.5. The Bertz CT molecular complexity index is 553. The average Bonchev–Trinajstić information content (AvgIpc) is 2.52. The second-order valence-corrected chi connectivity index (χ2v) is 6.56. The van der Waals surface area contributed by atoms with Crippen molar-refractivity contribution in [1.82, 2.24) is 14.8 Å². The molecule has 118 valence electrons. The van der Waals surface area contributed by atoms with Crippen molar-refractivity contribution < 1.29 is 9.59 Å². The molecule has 0 atom stereocenters. The SMILES string of the molecule is CC(C)(C)/C=C/C(=O)N1CCN(C(=O)c2cccnc2)CC1. The minimum Gasteiger partial charge on any atom is -0.336 e. The Labute approximate surface area is 131 Å². The van der Waals surface area contributed by atoms with Crippen LogP contribution in [-0.2, 0) is 4.79 Å². The van der Waals surface area contributed by atoms with E-state index in [4.69, 9.17) is 0 Å². The number of pyridine rings is 1. The molecule has 0 N–H and O–H groups in total. The van der Waals surface area contributed by atoms with Gasteiger partial charge in [0.1, 0.15) is 0 Å². The summed E-state index contributed by atoms with van der Waals surface area (Å²) in [4.78, 5) is 31.9. The fourth-order valence-corrected chi connectivity index (χ4v) is 2.23. The quantitative estimate of drug-likeness (QED) is 0.785. The van der Waals surface area contributed by atoms with Gasteiger partial charge in [-0.2, -0.15) is 0 Å². The topological polar surface area (TPSA) is 53.5 Å². The van der Waals surface area contributed by atoms with Crippen LogP contribution in [0.15, 0.2) is 36.7 Å². The first-order valence-electron chi connectivity index (χ1n) is 7.54. The zero-order valence-corrected chi connectivity index (χ0v) is 13.5. The van der Waals surface area contributed by atoms with Gasteiger partial charge in [-0.15, -0.1) is 0 Å². The third kappa shape index (κ3) is 4.41. The fraction of sp³-hybridized carbons (Fsp3) is 0.471. The summed E-state index contributed by atoms with van der Waals surface area (Å²) in [6.07, 6.45) is 6.78. The van der Waals surface area contributed by atoms with E-state index in [1.54, 1.807) is 40.4 Å². The molecular weight excluding hydrogens is 278 g/mol. The first-order valence-corrected chi connectivity index (χ1v) is 7.54. The van der Waals surface area contributed by atoms with E-state index in [2.05, 4.69) is 25.8 Å². The third-order valence-electron chi connectivity index (χ3n) is 3.51. The molecule has 2 heterocycles. The zero-order chi connectivity index (χ0) is 16.2. The van der Waals surface area contributed by atoms with Crippen LogP contribution < -0.4 is 0 Å². The lowest BCUT2D eigenvalue weighted by atomic mass is 9.96. The van der Waals surface area contributed by atoms with Crippen LogP contribution in [0.3, 0.4) is 0 Å². The highest BCUT2D eigenvalue weighted by Crippen LogP contribution is 2.15. The minimum atomic E-state index is -0.0227. The summed E-state index contributed by atoms with van der Waals surface area (Å²) in [5.74, 6) is -0.00571. The van der Waals surface area contributed by atoms with Crippen molar-refractivity contribution >= 4 is 11.8 Å². The molecule has 1 aliphatic rings. The normalized spacial score (nSPS) is 16.1. The number of allylic oxidation sites excluding steroid dienone is 1. The number of carbonyl (C=O) groups excluding carboxylic acids is 2. The molecule has 5 nitrogen and oxygen atoms in total. The van der Waals surface area contributed by atoms with Crippen molar-refractivity contribution in [3.63, 3.8) is 0 Å². The van der Waals surface area contributed by atoms with Crippen LogP contribution in [0.4, 0.5) is 0 Å². The minimum absolute atomic E-state index is 0.00619. The van der Waals surface area contributed by atoms with Gasteiger partial charge in [0, 0.05) is 38.6 Å². The molecule has 1 aliphatic heterocycles. The molecule has 1 saturated heterocycles. The monoisotopic (exact) mass is 301 g/mol. The van der Waals surface area contributed by atoms with Crippen LogP contribution in [0.5, 0.6) is 0 Å². The Morgan fingerprint density at radius 1 is 1.14 bits per heavy atom. The molecule has 1 fully saturated rings. The molecule has 1 aromatic heterocycles. The molecule has 2 amide bonds. The lowest BCUT2D eigenvalue weighted by Gasteiger charge is -2.34. The Balaban J connectivity index is 1.89. The molecule has 2 rings (SSSR count). The molecule has 0 saturated carbocycles. The smallest absolute Gasteiger partial charge is 0.255 e. The standard InChI is InChI=1S/C17H23N3O2/c1-17(2,3)7-6-15(21)19-9-11-20(12-10-19)16(22)14-5-4-8-18-13-14/h4-8,13H,9-12H2,1-3H3/b7-6+. The Hall–Kier alpha value is -2.17. The summed E-state index contributed by atoms with van der Waals surface area (Å²) in [6, 6.07) is 3.52. The molecule has 0 bridgehead atoms. The molecule has 0 spiro atoms. The van der Waals surface area contributed by atoms with Crippen molar-refractivity contribution in [3.05, 3.63) is 42.2 Å². The number of amides is 2. The van der Waals surface area contributed by atoms with Gasteiger partial charge in [-0.05, 0) is 23.6 Å². The third-order valence-corrected chi connectivity index (χ3v) is 3.51. The number of piperazine rings is 1. The Kier molecular flexibility index (Phi) is 4.96. The van der Waals surface area contributed by atoms with Crippen LogP contribution in [-0.4, -0.2) is 52.8 Å². The van der Waals surface area contributed by atoms with Gasteiger partial charge in [0.2, 0.25) is 5.91 Å². The molecule has 0 aromatic carbocycles. The maximum absolute atomic E-state index is 12.3. The van der Waals surface area contributed by atoms with Crippen LogP contribution in [0.1, 0.15) is 31.1 Å². The highest BCUT2D eigenvalue weighted by atomic mass is 16.2. The van der Waals surface area contributed by atoms with Gasteiger partial charge >= 0.3 is 0 Å². The molecule has 1 aromatic rings. The van der Waals surface area contributed by atoms with E-state index >= 15 is 0 Å². The molecule has 0 aliphatic carbocycles. The van der Waals surface area contributed by atoms with Gasteiger partial charge in [0.05, 0.1) is 5.56 Å². The van der Waals surface area contributed by atoms with E-state index in [9.17, 15) is 9.59 Å². The predicted octanol–water partition coefficient (Wildman–Crippen LogP) is 1.97. The van der Waals surface area contributed by atoms with Crippen LogP contribution >= 0.6 is 0 Å². The van der Waals surface area contributed by atoms with Gasteiger partial charge in [0.25, 0.3) is 5.91 Å². The van der Waals surface area contributed by atoms with Crippen LogP contribution in [0.25, 0.3) is 0 Å². The molecule has 5 heteroatoms. The second-order valence-electron chi connectivity index (χ2n) is 6.56. The highest BCUT2D eigenvalue weighted by Gasteiger charge is 2.24. The van der Waals surface area contributed by atoms with Gasteiger partial charge in [0.15, 0.2) is 0 Å². The number of aromatic nitrogens is 1. The summed E-state index contributed by atoms with van der Waals surface area (Å²) in [5.41, 5.74) is 0.586. The number of hydrogen-bond donors (Lipinski definition) is 0. The van der Waals surface area contributed by atoms with Crippen molar-refractivity contribution in [1.29, 1.82) is 0 Å². The van der Waals surface area contributed by atoms with Crippen LogP contribution in [0, 0.1) is 5.41 Å². The first kappa shape index (κ1) is 16.2. The summed E-state index contributed by atoms with van der Waals surface area (Å²) in [6.45, 7) is 8.42. The van der Waals surface area contributed by atoms with Gasteiger partial charge in [-0.25, -0.2) is 0 Å². The second kappa shape index (κ2) is 6.73. The van der Waals surface area contributed by atoms with Gasteiger partial charge in [-0.1, -0.05) is 26.8 Å². The summed E-state index contributed by atoms with van der Waals surface area (Å²) in [7, 11) is 0. The van der Waals surface area contributed by atoms with Gasteiger partial charge < -0.3 is 9.80 Å². The maximum atomic E-state index is 12.3. The van der Waals surface area contributed by atoms with Gasteiger partial charge in [-0.3, -0.25) is 14.6 Å². The summed E-state index contributed by atoms with van der Waals surface area (Å²) >= 11 is 0. The number of nitrogens with zero attached hydrogens (tertiary/aromatic N) is 3. The maximum Gasteiger partial charge on any atom is 0.255 e. The van der Waals surface area contributed by atoms with E-state index in [0.29, 0.717) is 31.7 Å². The van der Waals surface area contributed by atoms with Crippen LogP contribution in [0.2, 0.25) is 0 Å². The van der Waals surface area contributed by atoms with Crippen molar-refractivity contribution in [2.75, 3.05) is 26.2 Å². The van der Waals surface area contributed by atoms with E-state index in [1.165, 1.54) is 0 Å². The molecular formula is C17H23N3O2. The molecule has 22 heavy (non-hydrogen) atoms. The lowest BCUT2D eigenvalue weighted by Crippen LogP contribution is -2.50. The van der Waals surface area contributed by atoms with E-state index < -0.39 is 0 Å². The number of rotatable bonds is 2. The summed E-state index contributed by atoms with van der Waals surface area (Å²) in [5, 5.41) is 0. The van der Waals surface area contributed by atoms with Crippen molar-refractivity contribution in [2.24, 2.45) is 5.41 Å². The predicted molar refractivity (Wildman–Crippen MR) is 85.3 cm³/mol. The lowest BCUT2D eigenvalue weighted by molar-refractivity contribution is -0.127. The first-order chi connectivity index (χ1) is 10.4. The molecule has 0 unspecified atom stereocenters. The Morgan fingerprint density at radius 2 is 1.77 bits per heavy atom. The fourth-order valence-electron chi connectivity index (χ4n) is 2.23. The van der Waals surface area contributed by atoms with E-state index in [1.807, 2.05) is 6.08 Å². The number of carbonyl (C=O) groups is 2. The summed E-state index contributed by atoms with van der Waals surface area (Å²) < 4.78 is 0. The Morgan fingerprint density at radius 3 is 2.32 bits per heavy atom. The van der Waals surface area contributed by atoms with Crippen molar-refractivity contribution in [3.8, 4) is 0 Å². The van der Waals surface area contributed by atoms with E-state index in [0.717, 1.165) is 0 Å². The van der Waals surface area contributed by atoms with E-state index in [-0.39, 0.29) is 17.2 Å². The largest absolute Gasteiger partial charge is 0.336 e.